The second kappa shape index (κ2) is 11.6. The summed E-state index contributed by atoms with van der Waals surface area (Å²) in [6, 6.07) is 9.84. The molecule has 0 aromatic heterocycles. The average molecular weight is 536 g/mol. The Balaban J connectivity index is 1.24. The van der Waals surface area contributed by atoms with Crippen LogP contribution in [0.25, 0.3) is 0 Å². The van der Waals surface area contributed by atoms with Gasteiger partial charge in [-0.1, -0.05) is 0 Å². The molecule has 204 valence electrons. The van der Waals surface area contributed by atoms with Gasteiger partial charge in [-0.05, 0) is 87.1 Å². The summed E-state index contributed by atoms with van der Waals surface area (Å²) in [5.74, 6) is -1.04. The fourth-order valence-corrected chi connectivity index (χ4v) is 4.71. The summed E-state index contributed by atoms with van der Waals surface area (Å²) in [7, 11) is 0. The lowest BCUT2D eigenvalue weighted by Crippen LogP contribution is -2.50. The van der Waals surface area contributed by atoms with E-state index in [1.807, 2.05) is 0 Å². The number of nitrogens with one attached hydrogen (secondary N) is 2. The summed E-state index contributed by atoms with van der Waals surface area (Å²) < 4.78 is 46.8. The molecule has 0 bridgehead atoms. The summed E-state index contributed by atoms with van der Waals surface area (Å²) in [5.41, 5.74) is 0.471. The number of carbonyl (C=O) groups is 3. The van der Waals surface area contributed by atoms with Crippen LogP contribution in [0.3, 0.4) is 0 Å². The lowest BCUT2D eigenvalue weighted by atomic mass is 9.92. The number of aromatic carboxylic acids is 1. The number of rotatable bonds is 7. The molecule has 2 aliphatic rings. The number of carbonyl (C=O) groups excluding carboxylic acids is 2. The first-order valence-corrected chi connectivity index (χ1v) is 12.3. The highest BCUT2D eigenvalue weighted by Gasteiger charge is 2.36. The van der Waals surface area contributed by atoms with Gasteiger partial charge in [-0.25, -0.2) is 9.59 Å². The Hall–Kier alpha value is -3.96. The van der Waals surface area contributed by atoms with Crippen molar-refractivity contribution in [2.24, 2.45) is 0 Å². The van der Waals surface area contributed by atoms with Gasteiger partial charge in [-0.3, -0.25) is 4.79 Å². The zero-order chi connectivity index (χ0) is 27.3. The number of hydrogen-bond acceptors (Lipinski definition) is 5. The Kier molecular flexibility index (Phi) is 8.28. The van der Waals surface area contributed by atoms with Gasteiger partial charge in [-0.2, -0.15) is 0 Å². The predicted molar refractivity (Wildman–Crippen MR) is 130 cm³/mol. The average Bonchev–Trinajstić information content (AvgIpc) is 3.36. The first-order valence-electron chi connectivity index (χ1n) is 12.3. The SMILES string of the molecule is O=C(O)c1ccc(OC2CCC(NC(=O)[C@H]3CCCN3C(=O)Nc3ccc(OC(F)(F)F)cc3)CC2)cc1. The minimum Gasteiger partial charge on any atom is -0.490 e. The maximum atomic E-state index is 13.0. The van der Waals surface area contributed by atoms with Crippen LogP contribution in [0.4, 0.5) is 23.7 Å². The predicted octanol–water partition coefficient (Wildman–Crippen LogP) is 4.79. The summed E-state index contributed by atoms with van der Waals surface area (Å²) in [6.07, 6.45) is -0.830. The maximum absolute atomic E-state index is 13.0. The van der Waals surface area contributed by atoms with E-state index in [1.165, 1.54) is 29.2 Å². The van der Waals surface area contributed by atoms with Gasteiger partial charge in [-0.15, -0.1) is 13.2 Å². The molecule has 3 N–H and O–H groups in total. The molecule has 4 rings (SSSR count). The molecule has 2 aromatic rings. The van der Waals surface area contributed by atoms with Crippen molar-refractivity contribution in [3.8, 4) is 11.5 Å². The third-order valence-corrected chi connectivity index (χ3v) is 6.58. The molecule has 1 aliphatic heterocycles. The zero-order valence-electron chi connectivity index (χ0n) is 20.4. The standard InChI is InChI=1S/C26H28F3N3O6/c27-26(28,29)38-21-13-7-18(8-14-21)31-25(36)32-15-1-2-22(32)23(33)30-17-5-11-20(12-6-17)37-19-9-3-16(4-10-19)24(34)35/h3-4,7-10,13-14,17,20,22H,1-2,5-6,11-12,15H2,(H,30,33)(H,31,36)(H,34,35)/t17?,20?,22-/m1/s1. The molecule has 3 amide bonds. The molecule has 12 heteroatoms. The molecule has 0 unspecified atom stereocenters. The number of ether oxygens (including phenoxy) is 2. The third-order valence-electron chi connectivity index (χ3n) is 6.58. The van der Waals surface area contributed by atoms with E-state index in [0.717, 1.165) is 12.1 Å². The molecule has 1 saturated heterocycles. The highest BCUT2D eigenvalue weighted by atomic mass is 19.4. The van der Waals surface area contributed by atoms with E-state index in [0.29, 0.717) is 50.8 Å². The summed E-state index contributed by atoms with van der Waals surface area (Å²) in [4.78, 5) is 38.2. The van der Waals surface area contributed by atoms with E-state index in [-0.39, 0.29) is 29.3 Å². The van der Waals surface area contributed by atoms with Gasteiger partial charge in [0.05, 0.1) is 11.7 Å². The van der Waals surface area contributed by atoms with Gasteiger partial charge in [0, 0.05) is 18.3 Å². The number of carboxylic acids is 1. The number of anilines is 1. The molecular formula is C26H28F3N3O6. The second-order valence-corrected chi connectivity index (χ2v) is 9.28. The molecule has 0 radical (unpaired) electrons. The molecule has 38 heavy (non-hydrogen) atoms. The first kappa shape index (κ1) is 27.1. The molecule has 1 atom stereocenters. The Morgan fingerprint density at radius 2 is 1.53 bits per heavy atom. The molecule has 0 spiro atoms. The summed E-state index contributed by atoms with van der Waals surface area (Å²) in [5, 5.41) is 14.7. The molecule has 1 saturated carbocycles. The van der Waals surface area contributed by atoms with E-state index in [4.69, 9.17) is 9.84 Å². The number of benzene rings is 2. The zero-order valence-corrected chi connectivity index (χ0v) is 20.4. The number of amides is 3. The Bertz CT molecular complexity index is 1130. The molecule has 2 aromatic carbocycles. The largest absolute Gasteiger partial charge is 0.573 e. The highest BCUT2D eigenvalue weighted by Crippen LogP contribution is 2.27. The van der Waals surface area contributed by atoms with Gasteiger partial charge < -0.3 is 30.1 Å². The summed E-state index contributed by atoms with van der Waals surface area (Å²) in [6.45, 7) is 0.389. The van der Waals surface area contributed by atoms with Crippen molar-refractivity contribution >= 4 is 23.6 Å². The van der Waals surface area contributed by atoms with Gasteiger partial charge in [0.2, 0.25) is 5.91 Å². The highest BCUT2D eigenvalue weighted by molar-refractivity contribution is 5.94. The van der Waals surface area contributed by atoms with Crippen molar-refractivity contribution in [3.05, 3.63) is 54.1 Å². The van der Waals surface area contributed by atoms with Gasteiger partial charge in [0.15, 0.2) is 0 Å². The van der Waals surface area contributed by atoms with Gasteiger partial charge >= 0.3 is 18.4 Å². The molecule has 1 heterocycles. The fraction of sp³-hybridized carbons (Fsp3) is 0.423. The number of hydrogen-bond donors (Lipinski definition) is 3. The molecule has 2 fully saturated rings. The van der Waals surface area contributed by atoms with E-state index in [9.17, 15) is 27.6 Å². The lowest BCUT2D eigenvalue weighted by molar-refractivity contribution is -0.274. The van der Waals surface area contributed by atoms with E-state index in [1.54, 1.807) is 12.1 Å². The summed E-state index contributed by atoms with van der Waals surface area (Å²) >= 11 is 0. The van der Waals surface area contributed by atoms with Crippen molar-refractivity contribution in [3.63, 3.8) is 0 Å². The van der Waals surface area contributed by atoms with Crippen LogP contribution in [0, 0.1) is 0 Å². The van der Waals surface area contributed by atoms with Crippen LogP contribution in [0.15, 0.2) is 48.5 Å². The van der Waals surface area contributed by atoms with Crippen LogP contribution in [0.5, 0.6) is 11.5 Å². The van der Waals surface area contributed by atoms with E-state index in [2.05, 4.69) is 15.4 Å². The van der Waals surface area contributed by atoms with Crippen LogP contribution in [0.2, 0.25) is 0 Å². The topological polar surface area (TPSA) is 117 Å². The second-order valence-electron chi connectivity index (χ2n) is 9.28. The quantitative estimate of drug-likeness (QED) is 0.470. The third kappa shape index (κ3) is 7.30. The van der Waals surface area contributed by atoms with Gasteiger partial charge in [0.25, 0.3) is 0 Å². The van der Waals surface area contributed by atoms with Crippen LogP contribution < -0.4 is 20.1 Å². The lowest BCUT2D eigenvalue weighted by Gasteiger charge is -2.31. The van der Waals surface area contributed by atoms with Crippen molar-refractivity contribution < 1.29 is 42.1 Å². The Morgan fingerprint density at radius 1 is 0.895 bits per heavy atom. The number of alkyl halides is 3. The smallest absolute Gasteiger partial charge is 0.490 e. The number of nitrogens with zero attached hydrogens (tertiary/aromatic N) is 1. The van der Waals surface area contributed by atoms with E-state index >= 15 is 0 Å². The molecule has 9 nitrogen and oxygen atoms in total. The molecule has 1 aliphatic carbocycles. The number of likely N-dealkylation sites (tertiary alicyclic amines) is 1. The van der Waals surface area contributed by atoms with E-state index < -0.39 is 30.2 Å². The van der Waals surface area contributed by atoms with Crippen molar-refractivity contribution in [1.82, 2.24) is 10.2 Å². The minimum atomic E-state index is -4.80. The Labute approximate surface area is 216 Å². The minimum absolute atomic E-state index is 0.0412. The Morgan fingerprint density at radius 3 is 2.13 bits per heavy atom. The van der Waals surface area contributed by atoms with Crippen molar-refractivity contribution in [2.75, 3.05) is 11.9 Å². The maximum Gasteiger partial charge on any atom is 0.573 e. The normalized spacial score (nSPS) is 21.4. The van der Waals surface area contributed by atoms with Gasteiger partial charge in [0.1, 0.15) is 17.5 Å². The van der Waals surface area contributed by atoms with Crippen LogP contribution in [-0.4, -0.2) is 59.0 Å². The number of carboxylic acid groups (broad SMARTS) is 1. The first-order chi connectivity index (χ1) is 18.1. The van der Waals surface area contributed by atoms with Crippen LogP contribution >= 0.6 is 0 Å². The van der Waals surface area contributed by atoms with Crippen LogP contribution in [0.1, 0.15) is 48.9 Å². The number of halogens is 3. The fourth-order valence-electron chi connectivity index (χ4n) is 4.71. The number of urea groups is 1. The van der Waals surface area contributed by atoms with Crippen LogP contribution in [-0.2, 0) is 4.79 Å². The van der Waals surface area contributed by atoms with Crippen molar-refractivity contribution in [2.45, 2.75) is 63.1 Å². The van der Waals surface area contributed by atoms with Crippen molar-refractivity contribution in [1.29, 1.82) is 0 Å². The monoisotopic (exact) mass is 535 g/mol. The molecular weight excluding hydrogens is 507 g/mol.